The third-order valence-electron chi connectivity index (χ3n) is 9.88. The van der Waals surface area contributed by atoms with Gasteiger partial charge in [0.15, 0.2) is 0 Å². The van der Waals surface area contributed by atoms with Crippen LogP contribution in [0.4, 0.5) is 17.1 Å². The Morgan fingerprint density at radius 3 is 1.71 bits per heavy atom. The molecule has 3 heteroatoms. The molecule has 0 saturated carbocycles. The fourth-order valence-corrected chi connectivity index (χ4v) is 7.47. The molecule has 0 unspecified atom stereocenters. The van der Waals surface area contributed by atoms with Crippen molar-refractivity contribution in [3.05, 3.63) is 188 Å². The number of furan rings is 2. The lowest BCUT2D eigenvalue weighted by Gasteiger charge is -2.29. The van der Waals surface area contributed by atoms with Gasteiger partial charge < -0.3 is 13.7 Å². The Morgan fingerprint density at radius 1 is 0.314 bits per heavy atom. The minimum atomic E-state index is 0.857. The van der Waals surface area contributed by atoms with Gasteiger partial charge in [-0.2, -0.15) is 0 Å². The highest BCUT2D eigenvalue weighted by Gasteiger charge is 2.22. The Balaban J connectivity index is 1.18. The molecule has 0 radical (unpaired) electrons. The van der Waals surface area contributed by atoms with Crippen molar-refractivity contribution in [3.8, 4) is 33.4 Å². The summed E-state index contributed by atoms with van der Waals surface area (Å²) in [6.45, 7) is 0. The minimum Gasteiger partial charge on any atom is -0.456 e. The summed E-state index contributed by atoms with van der Waals surface area (Å²) in [5, 5.41) is 4.39. The van der Waals surface area contributed by atoms with Crippen LogP contribution in [-0.2, 0) is 0 Å². The van der Waals surface area contributed by atoms with Gasteiger partial charge in [-0.05, 0) is 82.4 Å². The lowest BCUT2D eigenvalue weighted by atomic mass is 9.98. The summed E-state index contributed by atoms with van der Waals surface area (Å²) in [5.74, 6) is 0. The summed E-state index contributed by atoms with van der Waals surface area (Å²) >= 11 is 0. The summed E-state index contributed by atoms with van der Waals surface area (Å²) in [4.78, 5) is 2.39. The molecule has 0 atom stereocenters. The van der Waals surface area contributed by atoms with Gasteiger partial charge in [-0.25, -0.2) is 0 Å². The second-order valence-corrected chi connectivity index (χ2v) is 12.9. The van der Waals surface area contributed by atoms with Crippen LogP contribution in [0.15, 0.2) is 197 Å². The molecule has 51 heavy (non-hydrogen) atoms. The van der Waals surface area contributed by atoms with E-state index in [1.165, 1.54) is 11.1 Å². The molecule has 0 aliphatic carbocycles. The van der Waals surface area contributed by atoms with E-state index in [1.807, 2.05) is 24.3 Å². The predicted molar refractivity (Wildman–Crippen MR) is 212 cm³/mol. The van der Waals surface area contributed by atoms with Crippen LogP contribution in [0.2, 0.25) is 0 Å². The number of para-hydroxylation sites is 3. The maximum atomic E-state index is 6.41. The largest absolute Gasteiger partial charge is 0.456 e. The number of hydrogen-bond acceptors (Lipinski definition) is 3. The molecule has 0 saturated heterocycles. The SMILES string of the molecule is c1ccc(-c2ccc(-c3cccc(N(c4ccccc4-c4ccc5oc6ccccc6c5c4)c4cccc5oc6ccccc6c45)c3)cc2)cc1. The highest BCUT2D eigenvalue weighted by atomic mass is 16.3. The number of rotatable bonds is 6. The summed E-state index contributed by atoms with van der Waals surface area (Å²) in [5.41, 5.74) is 13.6. The summed E-state index contributed by atoms with van der Waals surface area (Å²) < 4.78 is 12.6. The zero-order chi connectivity index (χ0) is 33.7. The highest BCUT2D eigenvalue weighted by Crippen LogP contribution is 2.47. The smallest absolute Gasteiger partial charge is 0.137 e. The van der Waals surface area contributed by atoms with Crippen molar-refractivity contribution in [1.29, 1.82) is 0 Å². The Kier molecular flexibility index (Phi) is 6.81. The first kappa shape index (κ1) is 29.1. The van der Waals surface area contributed by atoms with Gasteiger partial charge in [-0.1, -0.05) is 133 Å². The van der Waals surface area contributed by atoms with E-state index in [4.69, 9.17) is 8.83 Å². The first-order chi connectivity index (χ1) is 25.3. The van der Waals surface area contributed by atoms with E-state index in [2.05, 4.69) is 169 Å². The monoisotopic (exact) mass is 653 g/mol. The number of fused-ring (bicyclic) bond motifs is 6. The lowest BCUT2D eigenvalue weighted by molar-refractivity contribution is 0.668. The third kappa shape index (κ3) is 4.98. The predicted octanol–water partition coefficient (Wildman–Crippen LogP) is 14.0. The van der Waals surface area contributed by atoms with E-state index in [1.54, 1.807) is 0 Å². The topological polar surface area (TPSA) is 29.5 Å². The Hall–Kier alpha value is -6.84. The first-order valence-corrected chi connectivity index (χ1v) is 17.3. The van der Waals surface area contributed by atoms with E-state index in [9.17, 15) is 0 Å². The summed E-state index contributed by atoms with van der Waals surface area (Å²) in [6, 6.07) is 66.3. The van der Waals surface area contributed by atoms with Crippen LogP contribution in [0.25, 0.3) is 77.3 Å². The summed E-state index contributed by atoms with van der Waals surface area (Å²) in [6.07, 6.45) is 0. The van der Waals surface area contributed by atoms with Gasteiger partial charge in [0.25, 0.3) is 0 Å². The average molecular weight is 654 g/mol. The average Bonchev–Trinajstić information content (AvgIpc) is 3.77. The fourth-order valence-electron chi connectivity index (χ4n) is 7.47. The Labute approximate surface area is 295 Å². The quantitative estimate of drug-likeness (QED) is 0.179. The van der Waals surface area contributed by atoms with Crippen LogP contribution >= 0.6 is 0 Å². The molecule has 3 nitrogen and oxygen atoms in total. The molecule has 8 aromatic carbocycles. The van der Waals surface area contributed by atoms with Gasteiger partial charge in [-0.15, -0.1) is 0 Å². The number of anilines is 3. The molecule has 10 aromatic rings. The Bertz CT molecular complexity index is 2860. The fraction of sp³-hybridized carbons (Fsp3) is 0. The maximum Gasteiger partial charge on any atom is 0.137 e. The molecule has 240 valence electrons. The van der Waals surface area contributed by atoms with Crippen LogP contribution in [0, 0.1) is 0 Å². The van der Waals surface area contributed by atoms with E-state index in [-0.39, 0.29) is 0 Å². The van der Waals surface area contributed by atoms with Crippen LogP contribution in [0.5, 0.6) is 0 Å². The van der Waals surface area contributed by atoms with Gasteiger partial charge in [0.1, 0.15) is 22.3 Å². The molecule has 10 rings (SSSR count). The van der Waals surface area contributed by atoms with Crippen LogP contribution in [0.3, 0.4) is 0 Å². The molecule has 0 amide bonds. The van der Waals surface area contributed by atoms with Crippen LogP contribution in [-0.4, -0.2) is 0 Å². The molecular formula is C48H31NO2. The molecule has 0 N–H and O–H groups in total. The second kappa shape index (κ2) is 11.9. The molecule has 0 fully saturated rings. The normalized spacial score (nSPS) is 11.5. The lowest BCUT2D eigenvalue weighted by Crippen LogP contribution is -2.11. The molecule has 0 spiro atoms. The third-order valence-corrected chi connectivity index (χ3v) is 9.88. The van der Waals surface area contributed by atoms with E-state index in [0.717, 1.165) is 83.2 Å². The van der Waals surface area contributed by atoms with Crippen molar-refractivity contribution in [2.75, 3.05) is 4.90 Å². The zero-order valence-corrected chi connectivity index (χ0v) is 27.7. The van der Waals surface area contributed by atoms with Crippen molar-refractivity contribution < 1.29 is 8.83 Å². The standard InChI is InChI=1S/C48H31NO2/c1-2-12-32(13-3-1)33-24-26-34(27-25-33)35-14-10-15-37(30-35)49(43-20-11-23-47-48(43)40-18-6-9-22-45(40)51-47)42-19-7-4-16-38(42)36-28-29-46-41(31-36)39-17-5-8-21-44(39)50-46/h1-31H. The van der Waals surface area contributed by atoms with Gasteiger partial charge in [0, 0.05) is 27.4 Å². The molecule has 0 aliphatic rings. The van der Waals surface area contributed by atoms with Crippen molar-refractivity contribution in [3.63, 3.8) is 0 Å². The second-order valence-electron chi connectivity index (χ2n) is 12.9. The highest BCUT2D eigenvalue weighted by molar-refractivity contribution is 6.14. The molecule has 0 aliphatic heterocycles. The maximum absolute atomic E-state index is 6.41. The van der Waals surface area contributed by atoms with Crippen molar-refractivity contribution in [1.82, 2.24) is 0 Å². The summed E-state index contributed by atoms with van der Waals surface area (Å²) in [7, 11) is 0. The van der Waals surface area contributed by atoms with Crippen LogP contribution < -0.4 is 4.90 Å². The number of benzene rings is 8. The van der Waals surface area contributed by atoms with E-state index >= 15 is 0 Å². The number of hydrogen-bond donors (Lipinski definition) is 0. The Morgan fingerprint density at radius 2 is 0.863 bits per heavy atom. The van der Waals surface area contributed by atoms with E-state index < -0.39 is 0 Å². The van der Waals surface area contributed by atoms with Gasteiger partial charge in [0.2, 0.25) is 0 Å². The molecule has 2 heterocycles. The molecular weight excluding hydrogens is 623 g/mol. The molecule has 2 aromatic heterocycles. The van der Waals surface area contributed by atoms with E-state index in [0.29, 0.717) is 0 Å². The van der Waals surface area contributed by atoms with Crippen molar-refractivity contribution in [2.24, 2.45) is 0 Å². The zero-order valence-electron chi connectivity index (χ0n) is 27.7. The molecule has 0 bridgehead atoms. The van der Waals surface area contributed by atoms with Gasteiger partial charge >= 0.3 is 0 Å². The van der Waals surface area contributed by atoms with Crippen molar-refractivity contribution in [2.45, 2.75) is 0 Å². The van der Waals surface area contributed by atoms with Gasteiger partial charge in [-0.3, -0.25) is 0 Å². The van der Waals surface area contributed by atoms with Gasteiger partial charge in [0.05, 0.1) is 16.8 Å². The minimum absolute atomic E-state index is 0.857. The van der Waals surface area contributed by atoms with Crippen LogP contribution in [0.1, 0.15) is 0 Å². The first-order valence-electron chi connectivity index (χ1n) is 17.3. The van der Waals surface area contributed by atoms with Crippen molar-refractivity contribution >= 4 is 60.9 Å². The number of nitrogens with zero attached hydrogens (tertiary/aromatic N) is 1.